The number of rotatable bonds is 8. The van der Waals surface area contributed by atoms with Crippen molar-refractivity contribution in [3.63, 3.8) is 0 Å². The summed E-state index contributed by atoms with van der Waals surface area (Å²) in [6.45, 7) is 6.01. The van der Waals surface area contributed by atoms with E-state index in [0.29, 0.717) is 91.1 Å². The van der Waals surface area contributed by atoms with Crippen LogP contribution in [0, 0.1) is 10.8 Å². The molecule has 8 N–H and O–H groups in total. The molecule has 2 unspecified atom stereocenters. The number of guanidine groups is 2. The molecule has 0 aromatic heterocycles. The minimum absolute atomic E-state index is 0.0934. The zero-order valence-corrected chi connectivity index (χ0v) is 32.0. The fourth-order valence-electron chi connectivity index (χ4n) is 8.44. The Labute approximate surface area is 319 Å². The molecule has 5 rings (SSSR count). The average Bonchev–Trinajstić information content (AvgIpc) is 3.16. The molecule has 304 valence electrons. The SMILES string of the molecule is N=C(N)N1CCCCC1CCNC(=O)N1CCN(C(=O)OC2CCCC(OC(=O)N3CCN(C(=O)NCCC4CCCCN4C(=N)N)CC3)CCC2)CC1. The van der Waals surface area contributed by atoms with Crippen molar-refractivity contribution in [1.82, 2.24) is 40.0 Å². The summed E-state index contributed by atoms with van der Waals surface area (Å²) >= 11 is 0. The maximum Gasteiger partial charge on any atom is 0.410 e. The van der Waals surface area contributed by atoms with Crippen molar-refractivity contribution in [2.45, 2.75) is 114 Å². The van der Waals surface area contributed by atoms with E-state index in [1.165, 1.54) is 0 Å². The van der Waals surface area contributed by atoms with Crippen molar-refractivity contribution in [3.05, 3.63) is 0 Å². The van der Waals surface area contributed by atoms with Crippen LogP contribution in [-0.2, 0) is 9.47 Å². The minimum atomic E-state index is -0.345. The second-order valence-electron chi connectivity index (χ2n) is 15.3. The smallest absolute Gasteiger partial charge is 0.410 e. The van der Waals surface area contributed by atoms with E-state index in [0.717, 1.165) is 77.3 Å². The van der Waals surface area contributed by atoms with Gasteiger partial charge in [0.2, 0.25) is 0 Å². The van der Waals surface area contributed by atoms with Gasteiger partial charge in [-0.15, -0.1) is 0 Å². The van der Waals surface area contributed by atoms with Crippen LogP contribution in [0.2, 0.25) is 0 Å². The van der Waals surface area contributed by atoms with Gasteiger partial charge in [0.15, 0.2) is 11.9 Å². The van der Waals surface area contributed by atoms with Crippen molar-refractivity contribution in [3.8, 4) is 0 Å². The van der Waals surface area contributed by atoms with Crippen molar-refractivity contribution in [2.75, 3.05) is 78.5 Å². The molecule has 2 atom stereocenters. The van der Waals surface area contributed by atoms with Crippen molar-refractivity contribution in [2.24, 2.45) is 11.5 Å². The van der Waals surface area contributed by atoms with E-state index >= 15 is 0 Å². The molecule has 0 aromatic carbocycles. The second kappa shape index (κ2) is 20.3. The highest BCUT2D eigenvalue weighted by molar-refractivity contribution is 5.77. The van der Waals surface area contributed by atoms with E-state index in [1.807, 2.05) is 9.80 Å². The first kappa shape index (κ1) is 40.8. The van der Waals surface area contributed by atoms with Crippen LogP contribution in [0.25, 0.3) is 0 Å². The summed E-state index contributed by atoms with van der Waals surface area (Å²) < 4.78 is 11.8. The Morgan fingerprint density at radius 1 is 0.500 bits per heavy atom. The molecular formula is C36H64N12O6. The van der Waals surface area contributed by atoms with Gasteiger partial charge < -0.3 is 61.0 Å². The van der Waals surface area contributed by atoms with Crippen LogP contribution in [-0.4, -0.2) is 168 Å². The third-order valence-electron chi connectivity index (χ3n) is 11.7. The summed E-state index contributed by atoms with van der Waals surface area (Å²) in [7, 11) is 0. The van der Waals surface area contributed by atoms with Gasteiger partial charge in [0.05, 0.1) is 0 Å². The number of piperidine rings is 2. The summed E-state index contributed by atoms with van der Waals surface area (Å²) in [5.41, 5.74) is 11.5. The normalized spacial score (nSPS) is 25.6. The van der Waals surface area contributed by atoms with E-state index in [2.05, 4.69) is 10.6 Å². The number of ether oxygens (including phenoxy) is 2. The van der Waals surface area contributed by atoms with Gasteiger partial charge in [-0.3, -0.25) is 10.8 Å². The molecule has 4 aliphatic heterocycles. The molecule has 1 aliphatic carbocycles. The number of nitrogens with one attached hydrogen (secondary N) is 4. The maximum absolute atomic E-state index is 13.0. The molecular weight excluding hydrogens is 696 g/mol. The first-order valence-corrected chi connectivity index (χ1v) is 20.3. The Bertz CT molecular complexity index is 1190. The minimum Gasteiger partial charge on any atom is -0.446 e. The highest BCUT2D eigenvalue weighted by atomic mass is 16.6. The second-order valence-corrected chi connectivity index (χ2v) is 15.3. The Morgan fingerprint density at radius 3 is 1.20 bits per heavy atom. The lowest BCUT2D eigenvalue weighted by Crippen LogP contribution is -2.54. The van der Waals surface area contributed by atoms with Gasteiger partial charge >= 0.3 is 24.2 Å². The van der Waals surface area contributed by atoms with E-state index in [-0.39, 0.29) is 60.5 Å². The largest absolute Gasteiger partial charge is 0.446 e. The number of hydrogen-bond acceptors (Lipinski definition) is 8. The molecule has 5 aliphatic rings. The van der Waals surface area contributed by atoms with Gasteiger partial charge in [0.25, 0.3) is 0 Å². The van der Waals surface area contributed by atoms with Gasteiger partial charge in [-0.1, -0.05) is 0 Å². The summed E-state index contributed by atoms with van der Waals surface area (Å²) in [6.07, 6.45) is 11.0. The maximum atomic E-state index is 13.0. The van der Waals surface area contributed by atoms with E-state index in [4.69, 9.17) is 31.8 Å². The Kier molecular flexibility index (Phi) is 15.4. The Hall–Kier alpha value is -4.38. The first-order valence-electron chi connectivity index (χ1n) is 20.3. The number of nitrogens with two attached hydrogens (primary N) is 2. The number of amides is 6. The van der Waals surface area contributed by atoms with Crippen LogP contribution in [0.3, 0.4) is 0 Å². The van der Waals surface area contributed by atoms with Crippen molar-refractivity contribution in [1.29, 1.82) is 10.8 Å². The average molecular weight is 761 g/mol. The van der Waals surface area contributed by atoms with Crippen molar-refractivity contribution >= 4 is 36.2 Å². The van der Waals surface area contributed by atoms with E-state index in [9.17, 15) is 19.2 Å². The van der Waals surface area contributed by atoms with Gasteiger partial charge in [-0.25, -0.2) is 19.2 Å². The molecule has 0 aromatic rings. The van der Waals surface area contributed by atoms with Gasteiger partial charge in [0.1, 0.15) is 12.2 Å². The summed E-state index contributed by atoms with van der Waals surface area (Å²) in [5.74, 6) is 0.187. The molecule has 4 saturated heterocycles. The number of piperazine rings is 2. The van der Waals surface area contributed by atoms with Gasteiger partial charge in [-0.2, -0.15) is 0 Å². The predicted octanol–water partition coefficient (Wildman–Crippen LogP) is 2.28. The molecule has 18 heteroatoms. The quantitative estimate of drug-likeness (QED) is 0.156. The van der Waals surface area contributed by atoms with Crippen LogP contribution in [0.4, 0.5) is 19.2 Å². The zero-order chi connectivity index (χ0) is 38.5. The number of hydrogen-bond donors (Lipinski definition) is 6. The first-order chi connectivity index (χ1) is 26.1. The number of nitrogens with zero attached hydrogens (tertiary/aromatic N) is 6. The van der Waals surface area contributed by atoms with E-state index < -0.39 is 0 Å². The lowest BCUT2D eigenvalue weighted by molar-refractivity contribution is 0.0196. The van der Waals surface area contributed by atoms with Crippen LogP contribution >= 0.6 is 0 Å². The Balaban J connectivity index is 0.918. The third-order valence-corrected chi connectivity index (χ3v) is 11.7. The monoisotopic (exact) mass is 761 g/mol. The molecule has 1 saturated carbocycles. The fraction of sp³-hybridized carbons (Fsp3) is 0.833. The molecule has 4 heterocycles. The molecule has 0 bridgehead atoms. The highest BCUT2D eigenvalue weighted by Gasteiger charge is 2.31. The standard InChI is InChI=1S/C36H64N12O6/c37-31(38)47-17-3-1-7-27(47)13-15-41-33(49)43-19-23-45(24-20-43)35(51)53-29-9-5-11-30(12-6-10-29)54-36(52)46-25-21-44(22-26-46)34(50)42-16-14-28-8-2-4-18-48(28)32(39)40/h27-30H,1-26H2,(H3,37,38)(H3,39,40)(H,41,49)(H,42,50). The van der Waals surface area contributed by atoms with Gasteiger partial charge in [-0.05, 0) is 89.9 Å². The van der Waals surface area contributed by atoms with Crippen molar-refractivity contribution < 1.29 is 28.7 Å². The number of carbonyl (C=O) groups excluding carboxylic acids is 4. The molecule has 54 heavy (non-hydrogen) atoms. The summed E-state index contributed by atoms with van der Waals surface area (Å²) in [4.78, 5) is 62.2. The summed E-state index contributed by atoms with van der Waals surface area (Å²) in [6, 6.07) is 0.0747. The highest BCUT2D eigenvalue weighted by Crippen LogP contribution is 2.24. The van der Waals surface area contributed by atoms with E-state index in [1.54, 1.807) is 19.6 Å². The number of urea groups is 2. The van der Waals surface area contributed by atoms with Crippen LogP contribution < -0.4 is 22.1 Å². The molecule has 0 spiro atoms. The van der Waals surface area contributed by atoms with Crippen LogP contribution in [0.1, 0.15) is 89.9 Å². The lowest BCUT2D eigenvalue weighted by atomic mass is 9.96. The fourth-order valence-corrected chi connectivity index (χ4v) is 8.44. The molecule has 6 amide bonds. The van der Waals surface area contributed by atoms with Crippen LogP contribution in [0.15, 0.2) is 0 Å². The Morgan fingerprint density at radius 2 is 0.852 bits per heavy atom. The molecule has 0 radical (unpaired) electrons. The third kappa shape index (κ3) is 11.8. The van der Waals surface area contributed by atoms with Gasteiger partial charge in [0, 0.05) is 90.6 Å². The molecule has 5 fully saturated rings. The lowest BCUT2D eigenvalue weighted by Gasteiger charge is -2.37. The topological polar surface area (TPSA) is 230 Å². The predicted molar refractivity (Wildman–Crippen MR) is 203 cm³/mol. The number of carbonyl (C=O) groups is 4. The summed E-state index contributed by atoms with van der Waals surface area (Å²) in [5, 5.41) is 21.6. The van der Waals surface area contributed by atoms with Crippen LogP contribution in [0.5, 0.6) is 0 Å². The molecule has 18 nitrogen and oxygen atoms in total. The zero-order valence-electron chi connectivity index (χ0n) is 32.0. The number of likely N-dealkylation sites (tertiary alicyclic amines) is 2.